The molecular formula is C30H29N9O4S. The summed E-state index contributed by atoms with van der Waals surface area (Å²) >= 11 is 0. The van der Waals surface area contributed by atoms with Crippen molar-refractivity contribution in [1.29, 1.82) is 5.26 Å². The second-order valence-corrected chi connectivity index (χ2v) is 12.7. The number of methoxy groups -OCH3 is 1. The van der Waals surface area contributed by atoms with Gasteiger partial charge in [0.15, 0.2) is 0 Å². The summed E-state index contributed by atoms with van der Waals surface area (Å²) in [5, 5.41) is 18.5. The predicted octanol–water partition coefficient (Wildman–Crippen LogP) is 2.49. The van der Waals surface area contributed by atoms with Gasteiger partial charge in [0.25, 0.3) is 10.1 Å². The Bertz CT molecular complexity index is 2000. The second-order valence-electron chi connectivity index (χ2n) is 11.1. The number of rotatable bonds is 8. The zero-order valence-electron chi connectivity index (χ0n) is 24.3. The van der Waals surface area contributed by atoms with E-state index in [-0.39, 0.29) is 12.1 Å². The van der Waals surface area contributed by atoms with Gasteiger partial charge < -0.3 is 9.64 Å². The Labute approximate surface area is 254 Å². The van der Waals surface area contributed by atoms with Gasteiger partial charge in [0.1, 0.15) is 18.0 Å². The van der Waals surface area contributed by atoms with E-state index in [0.717, 1.165) is 39.9 Å². The van der Waals surface area contributed by atoms with Gasteiger partial charge in [-0.25, -0.2) is 14.5 Å². The maximum Gasteiger partial charge on any atom is 0.264 e. The van der Waals surface area contributed by atoms with Crippen molar-refractivity contribution in [3.8, 4) is 34.2 Å². The number of aromatic nitrogens is 6. The third-order valence-corrected chi connectivity index (χ3v) is 8.81. The van der Waals surface area contributed by atoms with E-state index >= 15 is 0 Å². The van der Waals surface area contributed by atoms with Crippen LogP contribution in [0.25, 0.3) is 27.8 Å². The molecule has 0 bridgehead atoms. The Kier molecular flexibility index (Phi) is 6.80. The highest BCUT2D eigenvalue weighted by atomic mass is 32.2. The topological polar surface area (TPSA) is 144 Å². The Morgan fingerprint density at radius 3 is 2.52 bits per heavy atom. The number of aryl methyl sites for hydroxylation is 1. The number of anilines is 1. The first-order valence-corrected chi connectivity index (χ1v) is 15.8. The first-order chi connectivity index (χ1) is 21.2. The molecule has 7 rings (SSSR count). The fourth-order valence-corrected chi connectivity index (χ4v) is 6.85. The number of ether oxygens (including phenoxy) is 1. The summed E-state index contributed by atoms with van der Waals surface area (Å²) in [6.07, 6.45) is 11.2. The van der Waals surface area contributed by atoms with E-state index in [4.69, 9.17) is 13.9 Å². The minimum absolute atomic E-state index is 0.0890. The Hall–Kier alpha value is -4.84. The van der Waals surface area contributed by atoms with Gasteiger partial charge in [0.05, 0.1) is 48.9 Å². The van der Waals surface area contributed by atoms with Crippen LogP contribution in [0.1, 0.15) is 11.1 Å². The molecule has 0 unspecified atom stereocenters. The third-order valence-electron chi connectivity index (χ3n) is 8.22. The minimum atomic E-state index is -3.67. The second kappa shape index (κ2) is 10.7. The van der Waals surface area contributed by atoms with Crippen LogP contribution in [0.3, 0.4) is 0 Å². The number of likely N-dealkylation sites (tertiary alicyclic amines) is 1. The van der Waals surface area contributed by atoms with Crippen molar-refractivity contribution < 1.29 is 17.3 Å². The van der Waals surface area contributed by atoms with E-state index in [1.807, 2.05) is 49.8 Å². The lowest BCUT2D eigenvalue weighted by Crippen LogP contribution is -2.65. The molecule has 14 heteroatoms. The van der Waals surface area contributed by atoms with Gasteiger partial charge in [-0.1, -0.05) is 6.07 Å². The van der Waals surface area contributed by atoms with E-state index in [1.54, 1.807) is 41.1 Å². The highest BCUT2D eigenvalue weighted by molar-refractivity contribution is 7.86. The lowest BCUT2D eigenvalue weighted by Gasteiger charge is -2.48. The van der Waals surface area contributed by atoms with Crippen LogP contribution < -0.4 is 9.64 Å². The molecule has 2 fully saturated rings. The molecule has 0 saturated carbocycles. The average molecular weight is 612 g/mol. The van der Waals surface area contributed by atoms with Crippen LogP contribution in [0.4, 0.5) is 5.82 Å². The van der Waals surface area contributed by atoms with Crippen LogP contribution in [0.2, 0.25) is 0 Å². The maximum atomic E-state index is 12.2. The first-order valence-electron chi connectivity index (χ1n) is 14.0. The molecule has 0 amide bonds. The van der Waals surface area contributed by atoms with Crippen LogP contribution in [0.15, 0.2) is 67.5 Å². The van der Waals surface area contributed by atoms with Crippen molar-refractivity contribution in [3.05, 3.63) is 78.6 Å². The van der Waals surface area contributed by atoms with Crippen molar-refractivity contribution in [2.75, 3.05) is 31.4 Å². The molecular weight excluding hydrogens is 582 g/mol. The summed E-state index contributed by atoms with van der Waals surface area (Å²) in [6, 6.07) is 11.8. The quantitative estimate of drug-likeness (QED) is 0.239. The predicted molar refractivity (Wildman–Crippen MR) is 161 cm³/mol. The van der Waals surface area contributed by atoms with E-state index in [9.17, 15) is 13.7 Å². The van der Waals surface area contributed by atoms with Crippen molar-refractivity contribution in [2.24, 2.45) is 7.05 Å². The van der Waals surface area contributed by atoms with Crippen molar-refractivity contribution >= 4 is 21.5 Å². The van der Waals surface area contributed by atoms with E-state index in [1.165, 1.54) is 0 Å². The largest absolute Gasteiger partial charge is 0.481 e. The van der Waals surface area contributed by atoms with Gasteiger partial charge in [-0.3, -0.25) is 13.8 Å². The number of fused-ring (bicyclic) bond motifs is 2. The Morgan fingerprint density at radius 2 is 1.86 bits per heavy atom. The van der Waals surface area contributed by atoms with Gasteiger partial charge in [0.2, 0.25) is 5.88 Å². The van der Waals surface area contributed by atoms with Crippen LogP contribution in [-0.4, -0.2) is 87.3 Å². The molecule has 7 heterocycles. The van der Waals surface area contributed by atoms with E-state index in [2.05, 4.69) is 31.1 Å². The van der Waals surface area contributed by atoms with Crippen molar-refractivity contribution in [1.82, 2.24) is 34.3 Å². The molecule has 5 aromatic heterocycles. The molecule has 0 spiro atoms. The van der Waals surface area contributed by atoms with Gasteiger partial charge in [0, 0.05) is 79.8 Å². The van der Waals surface area contributed by atoms with Crippen molar-refractivity contribution in [3.63, 3.8) is 0 Å². The number of hydrogen-bond donors (Lipinski definition) is 0. The van der Waals surface area contributed by atoms with Crippen LogP contribution in [-0.2, 0) is 27.9 Å². The standard InChI is InChI=1S/C30H29N9O4S/c1-36-15-23(13-34-36)21-8-24(29-22(9-31)12-35-39(29)16-21)20-5-6-27(32-11-20)38-17-25-30(38)26(43-44(3,40)41)18-37(25)14-19-4-7-28(42-2)33-10-19/h4-8,10-13,15-16,25-26,30H,14,17-18H2,1-3H3/t25-,26+,30+/m0/s1. The van der Waals surface area contributed by atoms with E-state index < -0.39 is 16.2 Å². The summed E-state index contributed by atoms with van der Waals surface area (Å²) in [4.78, 5) is 13.4. The maximum absolute atomic E-state index is 12.2. The van der Waals surface area contributed by atoms with Gasteiger partial charge in [-0.05, 0) is 23.8 Å². The summed E-state index contributed by atoms with van der Waals surface area (Å²) in [6.45, 7) is 1.74. The number of nitrogens with zero attached hydrogens (tertiary/aromatic N) is 9. The molecule has 0 aromatic carbocycles. The molecule has 224 valence electrons. The lowest BCUT2D eigenvalue weighted by molar-refractivity contribution is 0.177. The van der Waals surface area contributed by atoms with Crippen LogP contribution in [0.5, 0.6) is 5.88 Å². The molecule has 13 nitrogen and oxygen atoms in total. The summed E-state index contributed by atoms with van der Waals surface area (Å²) in [7, 11) is -0.240. The molecule has 2 saturated heterocycles. The zero-order valence-corrected chi connectivity index (χ0v) is 25.1. The Morgan fingerprint density at radius 1 is 1.00 bits per heavy atom. The molecule has 0 aliphatic carbocycles. The first kappa shape index (κ1) is 28.0. The lowest BCUT2D eigenvalue weighted by atomic mass is 9.95. The van der Waals surface area contributed by atoms with Crippen LogP contribution >= 0.6 is 0 Å². The van der Waals surface area contributed by atoms with Crippen LogP contribution in [0, 0.1) is 11.3 Å². The SMILES string of the molecule is COc1ccc(CN2C[C@@H](OS(C)(=O)=O)[C@H]3[C@@H]2CN3c2ccc(-c3cc(-c4cnn(C)c4)cn4ncc(C#N)c34)cn2)cn1. The summed E-state index contributed by atoms with van der Waals surface area (Å²) in [5.41, 5.74) is 5.63. The molecule has 2 aliphatic rings. The monoisotopic (exact) mass is 611 g/mol. The van der Waals surface area contributed by atoms with E-state index in [0.29, 0.717) is 36.6 Å². The molecule has 2 aliphatic heterocycles. The fraction of sp³-hybridized carbons (Fsp3) is 0.300. The number of hydrogen-bond acceptors (Lipinski definition) is 11. The Balaban J connectivity index is 1.18. The van der Waals surface area contributed by atoms with Crippen molar-refractivity contribution in [2.45, 2.75) is 24.7 Å². The fourth-order valence-electron chi connectivity index (χ4n) is 6.22. The van der Waals surface area contributed by atoms with Gasteiger partial charge >= 0.3 is 0 Å². The average Bonchev–Trinajstić information content (AvgIpc) is 3.67. The molecule has 0 radical (unpaired) electrons. The number of pyridine rings is 3. The molecule has 44 heavy (non-hydrogen) atoms. The molecule has 5 aromatic rings. The van der Waals surface area contributed by atoms with Gasteiger partial charge in [-0.15, -0.1) is 0 Å². The summed E-state index contributed by atoms with van der Waals surface area (Å²) in [5.74, 6) is 1.26. The normalized spacial score (nSPS) is 20.0. The third kappa shape index (κ3) is 5.04. The highest BCUT2D eigenvalue weighted by Gasteiger charge is 2.54. The summed E-state index contributed by atoms with van der Waals surface area (Å²) < 4.78 is 38.6. The molecule has 0 N–H and O–H groups in total. The number of nitriles is 1. The van der Waals surface area contributed by atoms with Gasteiger partial charge in [-0.2, -0.15) is 23.9 Å². The molecule has 3 atom stereocenters. The minimum Gasteiger partial charge on any atom is -0.481 e. The smallest absolute Gasteiger partial charge is 0.264 e. The highest BCUT2D eigenvalue weighted by Crippen LogP contribution is 2.39. The zero-order chi connectivity index (χ0) is 30.6.